The van der Waals surface area contributed by atoms with E-state index in [0.29, 0.717) is 12.5 Å². The van der Waals surface area contributed by atoms with Crippen LogP contribution < -0.4 is 0 Å². The second kappa shape index (κ2) is 2.89. The van der Waals surface area contributed by atoms with Gasteiger partial charge in [0.05, 0.1) is 0 Å². The van der Waals surface area contributed by atoms with Gasteiger partial charge in [-0.2, -0.15) is 0 Å². The van der Waals surface area contributed by atoms with Crippen molar-refractivity contribution < 1.29 is 0 Å². The number of nitrogens with zero attached hydrogens (tertiary/aromatic N) is 1. The summed E-state index contributed by atoms with van der Waals surface area (Å²) in [7, 11) is 0. The van der Waals surface area contributed by atoms with Crippen LogP contribution in [0.4, 0.5) is 0 Å². The molecule has 0 saturated carbocycles. The molecule has 2 rings (SSSR count). The Morgan fingerprint density at radius 1 is 1.25 bits per heavy atom. The van der Waals surface area contributed by atoms with E-state index in [1.54, 1.807) is 0 Å². The molecular formula is C10H8NO. The van der Waals surface area contributed by atoms with Gasteiger partial charge in [0.2, 0.25) is 0 Å². The maximum Gasteiger partial charge on any atom is 0.164 e. The molecule has 0 atom stereocenters. The number of benzene rings is 1. The van der Waals surface area contributed by atoms with Gasteiger partial charge in [-0.1, -0.05) is 41.6 Å². The minimum Gasteiger partial charge on any atom is -0.150 e. The number of rotatable bonds is 1. The lowest BCUT2D eigenvalue weighted by atomic mass is 9.94. The number of hydrogen-bond acceptors (Lipinski definition) is 2. The lowest BCUT2D eigenvalue weighted by Crippen LogP contribution is -2.00. The van der Waals surface area contributed by atoms with E-state index in [2.05, 4.69) is 5.18 Å². The highest BCUT2D eigenvalue weighted by Gasteiger charge is 2.17. The number of hydrogen-bond donors (Lipinski definition) is 0. The van der Waals surface area contributed by atoms with Crippen LogP contribution in [-0.2, 0) is 0 Å². The van der Waals surface area contributed by atoms with E-state index in [4.69, 9.17) is 0 Å². The van der Waals surface area contributed by atoms with Crippen molar-refractivity contribution in [1.29, 1.82) is 0 Å². The van der Waals surface area contributed by atoms with Crippen LogP contribution in [0.1, 0.15) is 17.5 Å². The highest BCUT2D eigenvalue weighted by molar-refractivity contribution is 5.61. The Balaban J connectivity index is 2.52. The minimum atomic E-state index is 0.633. The Kier molecular flexibility index (Phi) is 1.74. The third-order valence-corrected chi connectivity index (χ3v) is 1.99. The van der Waals surface area contributed by atoms with Gasteiger partial charge in [0.15, 0.2) is 6.04 Å². The topological polar surface area (TPSA) is 29.4 Å². The molecule has 0 bridgehead atoms. The van der Waals surface area contributed by atoms with Crippen molar-refractivity contribution in [1.82, 2.24) is 0 Å². The molecule has 2 nitrogen and oxygen atoms in total. The molecule has 2 heteroatoms. The van der Waals surface area contributed by atoms with Crippen molar-refractivity contribution in [2.24, 2.45) is 5.18 Å². The van der Waals surface area contributed by atoms with Gasteiger partial charge in [-0.15, -0.1) is 4.91 Å². The fraction of sp³-hybridized carbons (Fsp3) is 0.100. The molecular weight excluding hydrogens is 150 g/mol. The van der Waals surface area contributed by atoms with E-state index >= 15 is 0 Å². The lowest BCUT2D eigenvalue weighted by molar-refractivity contribution is 0.969. The summed E-state index contributed by atoms with van der Waals surface area (Å²) in [4.78, 5) is 10.4. The summed E-state index contributed by atoms with van der Waals surface area (Å²) < 4.78 is 0. The van der Waals surface area contributed by atoms with Gasteiger partial charge in [-0.3, -0.25) is 0 Å². The van der Waals surface area contributed by atoms with Crippen LogP contribution in [-0.4, -0.2) is 0 Å². The molecule has 1 aromatic carbocycles. The Bertz CT molecular complexity index is 330. The average Bonchev–Trinajstić information content (AvgIpc) is 2.17. The number of nitroso groups, excluding NO2 is 1. The molecule has 0 aliphatic heterocycles. The third kappa shape index (κ3) is 1.05. The van der Waals surface area contributed by atoms with E-state index in [-0.39, 0.29) is 0 Å². The highest BCUT2D eigenvalue weighted by Crippen LogP contribution is 2.28. The standard InChI is InChI=1S/C10H8NO/c12-11-10-7-3-5-8-4-1-2-6-9(8)10/h1-6H,7H2. The first-order chi connectivity index (χ1) is 5.92. The zero-order valence-corrected chi connectivity index (χ0v) is 6.53. The average molecular weight is 158 g/mol. The van der Waals surface area contributed by atoms with Gasteiger partial charge in [-0.05, 0) is 11.1 Å². The summed E-state index contributed by atoms with van der Waals surface area (Å²) in [5.74, 6) is 0. The number of fused-ring (bicyclic) bond motifs is 1. The first kappa shape index (κ1) is 7.22. The summed E-state index contributed by atoms with van der Waals surface area (Å²) >= 11 is 0. The minimum absolute atomic E-state index is 0.633. The predicted molar refractivity (Wildman–Crippen MR) is 48.2 cm³/mol. The first-order valence-electron chi connectivity index (χ1n) is 3.87. The van der Waals surface area contributed by atoms with E-state index in [9.17, 15) is 4.91 Å². The molecule has 0 spiro atoms. The lowest BCUT2D eigenvalue weighted by Gasteiger charge is -2.13. The molecule has 1 aliphatic carbocycles. The summed E-state index contributed by atoms with van der Waals surface area (Å²) in [5.41, 5.74) is 2.05. The van der Waals surface area contributed by atoms with Gasteiger partial charge in [-0.25, -0.2) is 0 Å². The molecule has 0 N–H and O–H groups in total. The molecule has 59 valence electrons. The molecule has 12 heavy (non-hydrogen) atoms. The van der Waals surface area contributed by atoms with E-state index < -0.39 is 0 Å². The first-order valence-corrected chi connectivity index (χ1v) is 3.87. The van der Waals surface area contributed by atoms with E-state index in [1.807, 2.05) is 36.4 Å². The van der Waals surface area contributed by atoms with Crippen molar-refractivity contribution in [3.05, 3.63) is 52.4 Å². The van der Waals surface area contributed by atoms with Crippen molar-refractivity contribution in [3.8, 4) is 0 Å². The molecule has 1 aromatic rings. The van der Waals surface area contributed by atoms with Crippen LogP contribution in [0.15, 0.2) is 35.5 Å². The Morgan fingerprint density at radius 3 is 2.92 bits per heavy atom. The van der Waals surface area contributed by atoms with Crippen molar-refractivity contribution in [3.63, 3.8) is 0 Å². The zero-order valence-electron chi connectivity index (χ0n) is 6.53. The fourth-order valence-electron chi connectivity index (χ4n) is 1.40. The van der Waals surface area contributed by atoms with Crippen LogP contribution >= 0.6 is 0 Å². The summed E-state index contributed by atoms with van der Waals surface area (Å²) in [5, 5.41) is 3.00. The third-order valence-electron chi connectivity index (χ3n) is 1.99. The van der Waals surface area contributed by atoms with Gasteiger partial charge >= 0.3 is 0 Å². The summed E-state index contributed by atoms with van der Waals surface area (Å²) in [6.07, 6.45) is 4.63. The summed E-state index contributed by atoms with van der Waals surface area (Å²) in [6, 6.07) is 8.42. The van der Waals surface area contributed by atoms with E-state index in [0.717, 1.165) is 11.1 Å². The van der Waals surface area contributed by atoms with E-state index in [1.165, 1.54) is 0 Å². The monoisotopic (exact) mass is 158 g/mol. The largest absolute Gasteiger partial charge is 0.164 e. The molecule has 1 radical (unpaired) electrons. The maximum absolute atomic E-state index is 10.4. The SMILES string of the molecule is O=N[C]1CC=Cc2ccccc21. The van der Waals surface area contributed by atoms with Crippen molar-refractivity contribution in [2.45, 2.75) is 6.42 Å². The van der Waals surface area contributed by atoms with Gasteiger partial charge in [0.1, 0.15) is 0 Å². The van der Waals surface area contributed by atoms with Crippen LogP contribution in [0.25, 0.3) is 6.08 Å². The van der Waals surface area contributed by atoms with Gasteiger partial charge in [0, 0.05) is 6.42 Å². The van der Waals surface area contributed by atoms with Crippen molar-refractivity contribution >= 4 is 6.08 Å². The smallest absolute Gasteiger partial charge is 0.150 e. The molecule has 0 unspecified atom stereocenters. The molecule has 0 saturated heterocycles. The van der Waals surface area contributed by atoms with Crippen LogP contribution in [0, 0.1) is 10.9 Å². The Morgan fingerprint density at radius 2 is 2.08 bits per heavy atom. The van der Waals surface area contributed by atoms with Crippen molar-refractivity contribution in [2.75, 3.05) is 0 Å². The Labute approximate surface area is 70.9 Å². The second-order valence-electron chi connectivity index (χ2n) is 2.73. The van der Waals surface area contributed by atoms with Crippen LogP contribution in [0.3, 0.4) is 0 Å². The quantitative estimate of drug-likeness (QED) is 0.578. The van der Waals surface area contributed by atoms with Crippen LogP contribution in [0.2, 0.25) is 0 Å². The normalized spacial score (nSPS) is 15.7. The molecule has 0 fully saturated rings. The molecule has 0 amide bonds. The molecule has 0 aromatic heterocycles. The fourth-order valence-corrected chi connectivity index (χ4v) is 1.40. The van der Waals surface area contributed by atoms with Gasteiger partial charge < -0.3 is 0 Å². The zero-order chi connectivity index (χ0) is 8.39. The maximum atomic E-state index is 10.4. The second-order valence-corrected chi connectivity index (χ2v) is 2.73. The van der Waals surface area contributed by atoms with Gasteiger partial charge in [0.25, 0.3) is 0 Å². The molecule has 1 aliphatic rings. The van der Waals surface area contributed by atoms with Crippen LogP contribution in [0.5, 0.6) is 0 Å². The predicted octanol–water partition coefficient (Wildman–Crippen LogP) is 2.75. The highest BCUT2D eigenvalue weighted by atomic mass is 16.3. The molecule has 0 heterocycles. The Hall–Kier alpha value is -1.44. The summed E-state index contributed by atoms with van der Waals surface area (Å²) in [6.45, 7) is 0.